The first-order valence-corrected chi connectivity index (χ1v) is 10.1. The Morgan fingerprint density at radius 1 is 0.857 bits per heavy atom. The zero-order chi connectivity index (χ0) is 19.7. The molecule has 1 N–H and O–H groups in total. The van der Waals surface area contributed by atoms with Crippen molar-refractivity contribution in [2.45, 2.75) is 11.4 Å². The monoisotopic (exact) mass is 391 g/mol. The van der Waals surface area contributed by atoms with Crippen molar-refractivity contribution in [3.05, 3.63) is 101 Å². The molecule has 3 aromatic carbocycles. The highest BCUT2D eigenvalue weighted by Gasteiger charge is 2.39. The number of phenols is 1. The second-order valence-corrected chi connectivity index (χ2v) is 8.24. The highest BCUT2D eigenvalue weighted by molar-refractivity contribution is 7.89. The molecular formula is C22H17NO4S. The maximum Gasteiger partial charge on any atom is 0.265 e. The standard InChI is InChI=1S/C22H17NO4S/c24-20-12-6-4-10-17(20)14-19-22(25)18-11-5-7-13-21(18)28(26,27)23(19)15-16-8-2-1-3-9-16/h1-14,24H,15H2/b19-14-. The molecule has 0 unspecified atom stereocenters. The quantitative estimate of drug-likeness (QED) is 0.689. The van der Waals surface area contributed by atoms with Crippen LogP contribution in [0.3, 0.4) is 0 Å². The number of fused-ring (bicyclic) bond motifs is 1. The van der Waals surface area contributed by atoms with Crippen LogP contribution in [0.15, 0.2) is 89.5 Å². The summed E-state index contributed by atoms with van der Waals surface area (Å²) in [6.07, 6.45) is 1.42. The number of carbonyl (C=O) groups excluding carboxylic acids is 1. The molecule has 1 aliphatic heterocycles. The Labute approximate surface area is 163 Å². The Balaban J connectivity index is 1.93. The highest BCUT2D eigenvalue weighted by Crippen LogP contribution is 2.35. The van der Waals surface area contributed by atoms with E-state index in [1.54, 1.807) is 42.5 Å². The van der Waals surface area contributed by atoms with E-state index in [9.17, 15) is 18.3 Å². The van der Waals surface area contributed by atoms with E-state index in [0.29, 0.717) is 5.56 Å². The molecule has 3 aromatic rings. The number of aromatic hydroxyl groups is 1. The number of hydrogen-bond acceptors (Lipinski definition) is 4. The average Bonchev–Trinajstić information content (AvgIpc) is 2.71. The molecule has 0 fully saturated rings. The molecule has 6 heteroatoms. The number of Topliss-reactive ketones (excluding diaryl/α,β-unsaturated/α-hetero) is 1. The summed E-state index contributed by atoms with van der Waals surface area (Å²) < 4.78 is 27.7. The van der Waals surface area contributed by atoms with E-state index in [-0.39, 0.29) is 28.5 Å². The third-order valence-corrected chi connectivity index (χ3v) is 6.42. The zero-order valence-electron chi connectivity index (χ0n) is 14.8. The number of hydrogen-bond donors (Lipinski definition) is 1. The number of carbonyl (C=O) groups is 1. The number of rotatable bonds is 3. The molecule has 5 nitrogen and oxygen atoms in total. The Kier molecular flexibility index (Phi) is 4.49. The third-order valence-electron chi connectivity index (χ3n) is 4.60. The zero-order valence-corrected chi connectivity index (χ0v) is 15.6. The van der Waals surface area contributed by atoms with Crippen molar-refractivity contribution < 1.29 is 18.3 Å². The Hall–Kier alpha value is -3.38. The summed E-state index contributed by atoms with van der Waals surface area (Å²) in [5, 5.41) is 10.1. The predicted molar refractivity (Wildman–Crippen MR) is 106 cm³/mol. The Morgan fingerprint density at radius 3 is 2.25 bits per heavy atom. The molecule has 0 spiro atoms. The summed E-state index contributed by atoms with van der Waals surface area (Å²) in [6, 6.07) is 21.8. The van der Waals surface area contributed by atoms with E-state index in [1.165, 1.54) is 24.3 Å². The summed E-state index contributed by atoms with van der Waals surface area (Å²) in [6.45, 7) is 0.0165. The molecule has 1 heterocycles. The average molecular weight is 391 g/mol. The van der Waals surface area contributed by atoms with E-state index in [0.717, 1.165) is 9.87 Å². The smallest absolute Gasteiger partial charge is 0.265 e. The molecule has 0 saturated carbocycles. The number of sulfonamides is 1. The van der Waals surface area contributed by atoms with Gasteiger partial charge < -0.3 is 5.11 Å². The molecule has 0 radical (unpaired) electrons. The predicted octanol–water partition coefficient (Wildman–Crippen LogP) is 3.82. The summed E-state index contributed by atoms with van der Waals surface area (Å²) in [5.74, 6) is -0.427. The van der Waals surface area contributed by atoms with Gasteiger partial charge >= 0.3 is 0 Å². The highest BCUT2D eigenvalue weighted by atomic mass is 32.2. The van der Waals surface area contributed by atoms with Crippen LogP contribution in [0.5, 0.6) is 5.75 Å². The fourth-order valence-electron chi connectivity index (χ4n) is 3.19. The van der Waals surface area contributed by atoms with Gasteiger partial charge in [-0.3, -0.25) is 9.10 Å². The lowest BCUT2D eigenvalue weighted by molar-refractivity contribution is 0.100. The van der Waals surface area contributed by atoms with E-state index < -0.39 is 15.8 Å². The van der Waals surface area contributed by atoms with E-state index in [1.807, 2.05) is 18.2 Å². The van der Waals surface area contributed by atoms with Crippen molar-refractivity contribution in [2.24, 2.45) is 0 Å². The van der Waals surface area contributed by atoms with Crippen LogP contribution in [0, 0.1) is 0 Å². The molecule has 0 amide bonds. The summed E-state index contributed by atoms with van der Waals surface area (Å²) in [7, 11) is -3.93. The van der Waals surface area contributed by atoms with E-state index in [4.69, 9.17) is 0 Å². The first kappa shape index (κ1) is 18.0. The molecule has 28 heavy (non-hydrogen) atoms. The normalized spacial score (nSPS) is 16.8. The van der Waals surface area contributed by atoms with Crippen LogP contribution in [0.1, 0.15) is 21.5 Å². The topological polar surface area (TPSA) is 74.7 Å². The minimum absolute atomic E-state index is 0.00375. The molecule has 0 aliphatic carbocycles. The van der Waals surface area contributed by atoms with Gasteiger partial charge in [0.25, 0.3) is 10.0 Å². The van der Waals surface area contributed by atoms with E-state index in [2.05, 4.69) is 0 Å². The Bertz CT molecular complexity index is 1180. The van der Waals surface area contributed by atoms with Gasteiger partial charge in [-0.25, -0.2) is 8.42 Å². The Morgan fingerprint density at radius 2 is 1.50 bits per heavy atom. The maximum absolute atomic E-state index is 13.3. The van der Waals surface area contributed by atoms with Gasteiger partial charge in [-0.15, -0.1) is 0 Å². The van der Waals surface area contributed by atoms with E-state index >= 15 is 0 Å². The van der Waals surface area contributed by atoms with Crippen molar-refractivity contribution in [3.63, 3.8) is 0 Å². The minimum atomic E-state index is -3.93. The number of para-hydroxylation sites is 1. The molecule has 0 atom stereocenters. The second-order valence-electron chi connectivity index (χ2n) is 6.41. The molecule has 0 bridgehead atoms. The van der Waals surface area contributed by atoms with Crippen LogP contribution in [0.2, 0.25) is 0 Å². The van der Waals surface area contributed by atoms with Crippen LogP contribution < -0.4 is 0 Å². The fraction of sp³-hybridized carbons (Fsp3) is 0.0455. The van der Waals surface area contributed by atoms with Crippen molar-refractivity contribution in [1.29, 1.82) is 0 Å². The van der Waals surface area contributed by atoms with Crippen molar-refractivity contribution in [1.82, 2.24) is 4.31 Å². The van der Waals surface area contributed by atoms with Gasteiger partial charge in [0.1, 0.15) is 11.4 Å². The van der Waals surface area contributed by atoms with Gasteiger partial charge in [0.15, 0.2) is 0 Å². The molecule has 0 saturated heterocycles. The summed E-state index contributed by atoms with van der Waals surface area (Å²) in [5.41, 5.74) is 1.26. The van der Waals surface area contributed by atoms with Crippen molar-refractivity contribution in [3.8, 4) is 5.75 Å². The summed E-state index contributed by atoms with van der Waals surface area (Å²) >= 11 is 0. The van der Waals surface area contributed by atoms with Gasteiger partial charge in [0.05, 0.1) is 11.4 Å². The van der Waals surface area contributed by atoms with Gasteiger partial charge in [-0.1, -0.05) is 60.7 Å². The maximum atomic E-state index is 13.3. The van der Waals surface area contributed by atoms with Crippen LogP contribution in [0.25, 0.3) is 6.08 Å². The third kappa shape index (κ3) is 3.08. The van der Waals surface area contributed by atoms with Crippen LogP contribution in [0.4, 0.5) is 0 Å². The van der Waals surface area contributed by atoms with Gasteiger partial charge in [-0.2, -0.15) is 0 Å². The fourth-order valence-corrected chi connectivity index (χ4v) is 4.83. The van der Waals surface area contributed by atoms with Crippen molar-refractivity contribution >= 4 is 21.9 Å². The minimum Gasteiger partial charge on any atom is -0.507 e. The molecular weight excluding hydrogens is 374 g/mol. The summed E-state index contributed by atoms with van der Waals surface area (Å²) in [4.78, 5) is 13.2. The lowest BCUT2D eigenvalue weighted by Crippen LogP contribution is -2.38. The van der Waals surface area contributed by atoms with Gasteiger partial charge in [0.2, 0.25) is 5.78 Å². The molecule has 140 valence electrons. The van der Waals surface area contributed by atoms with Crippen LogP contribution in [-0.2, 0) is 16.6 Å². The SMILES string of the molecule is O=C1/C(=C/c2ccccc2O)N(Cc2ccccc2)S(=O)(=O)c2ccccc21. The van der Waals surface area contributed by atoms with Crippen molar-refractivity contribution in [2.75, 3.05) is 0 Å². The molecule has 4 rings (SSSR count). The first-order valence-electron chi connectivity index (χ1n) is 8.68. The number of ketones is 1. The largest absolute Gasteiger partial charge is 0.507 e. The molecule has 0 aromatic heterocycles. The van der Waals surface area contributed by atoms with Gasteiger partial charge in [-0.05, 0) is 29.8 Å². The lowest BCUT2D eigenvalue weighted by Gasteiger charge is -2.31. The van der Waals surface area contributed by atoms with Crippen LogP contribution >= 0.6 is 0 Å². The second kappa shape index (κ2) is 6.98. The lowest BCUT2D eigenvalue weighted by atomic mass is 10.0. The first-order chi connectivity index (χ1) is 13.5. The number of phenolic OH excluding ortho intramolecular Hbond substituents is 1. The molecule has 1 aliphatic rings. The number of nitrogens with zero attached hydrogens (tertiary/aromatic N) is 1. The number of allylic oxidation sites excluding steroid dienone is 1. The number of benzene rings is 3. The van der Waals surface area contributed by atoms with Crippen LogP contribution in [-0.4, -0.2) is 23.6 Å². The van der Waals surface area contributed by atoms with Gasteiger partial charge in [0, 0.05) is 11.1 Å².